The minimum absolute atomic E-state index is 0.0611. The van der Waals surface area contributed by atoms with E-state index >= 15 is 0 Å². The van der Waals surface area contributed by atoms with E-state index in [0.29, 0.717) is 18.3 Å². The second-order valence-corrected chi connectivity index (χ2v) is 6.24. The van der Waals surface area contributed by atoms with Crippen molar-refractivity contribution in [1.29, 1.82) is 0 Å². The first-order valence-electron chi connectivity index (χ1n) is 8.45. The number of ether oxygens (including phenoxy) is 1. The molecule has 27 heavy (non-hydrogen) atoms. The third-order valence-electron chi connectivity index (χ3n) is 3.69. The van der Waals surface area contributed by atoms with Crippen molar-refractivity contribution in [3.8, 4) is 5.75 Å². The third-order valence-corrected chi connectivity index (χ3v) is 3.69. The van der Waals surface area contributed by atoms with Crippen molar-refractivity contribution in [3.63, 3.8) is 0 Å². The highest BCUT2D eigenvalue weighted by Gasteiger charge is 2.15. The number of rotatable bonds is 7. The number of nitro groups is 1. The van der Waals surface area contributed by atoms with Crippen LogP contribution in [0.15, 0.2) is 48.5 Å². The normalized spacial score (nSPS) is 10.3. The molecule has 0 aliphatic rings. The van der Waals surface area contributed by atoms with Gasteiger partial charge in [-0.1, -0.05) is 32.0 Å². The molecule has 0 aromatic heterocycles. The Morgan fingerprint density at radius 3 is 2.48 bits per heavy atom. The van der Waals surface area contributed by atoms with Crippen LogP contribution in [0, 0.1) is 16.0 Å². The number of hydrogen-bond donors (Lipinski definition) is 2. The van der Waals surface area contributed by atoms with Crippen molar-refractivity contribution in [2.75, 3.05) is 6.61 Å². The van der Waals surface area contributed by atoms with E-state index in [1.165, 1.54) is 18.2 Å². The molecule has 0 fully saturated rings. The van der Waals surface area contributed by atoms with Crippen LogP contribution in [0.1, 0.15) is 41.0 Å². The Hall–Kier alpha value is -3.42. The number of nitrogens with zero attached hydrogens (tertiary/aromatic N) is 1. The number of nitrogens with one attached hydrogen (secondary N) is 2. The van der Waals surface area contributed by atoms with Gasteiger partial charge >= 0.3 is 0 Å². The van der Waals surface area contributed by atoms with Gasteiger partial charge in [0, 0.05) is 17.7 Å². The summed E-state index contributed by atoms with van der Waals surface area (Å²) in [5.74, 6) is -0.320. The molecule has 0 unspecified atom stereocenters. The Bertz CT molecular complexity index is 836. The number of benzene rings is 2. The zero-order valence-electron chi connectivity index (χ0n) is 15.1. The molecule has 2 amide bonds. The largest absolute Gasteiger partial charge is 0.493 e. The van der Waals surface area contributed by atoms with Gasteiger partial charge in [-0.3, -0.25) is 30.6 Å². The zero-order chi connectivity index (χ0) is 19.8. The molecule has 0 aliphatic heterocycles. The van der Waals surface area contributed by atoms with Crippen LogP contribution in [0.25, 0.3) is 0 Å². The van der Waals surface area contributed by atoms with Crippen molar-refractivity contribution in [1.82, 2.24) is 10.9 Å². The number of hydrazine groups is 1. The second kappa shape index (κ2) is 9.33. The average Bonchev–Trinajstić information content (AvgIpc) is 2.66. The zero-order valence-corrected chi connectivity index (χ0v) is 15.1. The van der Waals surface area contributed by atoms with Crippen molar-refractivity contribution >= 4 is 17.5 Å². The molecular weight excluding hydrogens is 350 g/mol. The molecule has 2 aromatic carbocycles. The van der Waals surface area contributed by atoms with Gasteiger partial charge in [-0.05, 0) is 30.5 Å². The number of amides is 2. The van der Waals surface area contributed by atoms with Crippen LogP contribution in [0.4, 0.5) is 5.69 Å². The Morgan fingerprint density at radius 1 is 1.07 bits per heavy atom. The maximum Gasteiger partial charge on any atom is 0.273 e. The summed E-state index contributed by atoms with van der Waals surface area (Å²) in [6.07, 6.45) is 0.847. The number of nitro benzene ring substituents is 1. The fourth-order valence-corrected chi connectivity index (χ4v) is 2.20. The minimum Gasteiger partial charge on any atom is -0.493 e. The van der Waals surface area contributed by atoms with E-state index in [2.05, 4.69) is 24.7 Å². The molecule has 0 bridgehead atoms. The molecule has 0 heterocycles. The number of non-ortho nitro benzene ring substituents is 1. The lowest BCUT2D eigenvalue weighted by Gasteiger charge is -2.13. The quantitative estimate of drug-likeness (QED) is 0.574. The lowest BCUT2D eigenvalue weighted by atomic mass is 10.1. The molecule has 0 atom stereocenters. The molecule has 2 N–H and O–H groups in total. The standard InChI is InChI=1S/C19H21N3O5/c1-13(2)10-11-27-17-9-4-3-8-16(17)19(24)21-20-18(23)14-6-5-7-15(12-14)22(25)26/h3-9,12-13H,10-11H2,1-2H3,(H,20,23)(H,21,24). The van der Waals surface area contributed by atoms with Crippen LogP contribution >= 0.6 is 0 Å². The summed E-state index contributed by atoms with van der Waals surface area (Å²) in [5, 5.41) is 10.8. The molecular formula is C19H21N3O5. The summed E-state index contributed by atoms with van der Waals surface area (Å²) in [5.41, 5.74) is 4.67. The summed E-state index contributed by atoms with van der Waals surface area (Å²) in [6, 6.07) is 11.9. The predicted octanol–water partition coefficient (Wildman–Crippen LogP) is 3.09. The van der Waals surface area contributed by atoms with E-state index in [0.717, 1.165) is 12.5 Å². The molecule has 0 saturated heterocycles. The van der Waals surface area contributed by atoms with Crippen LogP contribution in [-0.2, 0) is 0 Å². The molecule has 8 nitrogen and oxygen atoms in total. The minimum atomic E-state index is -0.662. The average molecular weight is 371 g/mol. The van der Waals surface area contributed by atoms with Crippen molar-refractivity contribution in [2.24, 2.45) is 5.92 Å². The maximum absolute atomic E-state index is 12.4. The van der Waals surface area contributed by atoms with Crippen molar-refractivity contribution < 1.29 is 19.2 Å². The first-order chi connectivity index (χ1) is 12.9. The summed E-state index contributed by atoms with van der Waals surface area (Å²) >= 11 is 0. The Morgan fingerprint density at radius 2 is 1.78 bits per heavy atom. The Kier molecular flexibility index (Phi) is 6.87. The smallest absolute Gasteiger partial charge is 0.273 e. The van der Waals surface area contributed by atoms with Gasteiger partial charge in [-0.2, -0.15) is 0 Å². The number of hydrogen-bond acceptors (Lipinski definition) is 5. The van der Waals surface area contributed by atoms with E-state index in [1.807, 2.05) is 0 Å². The van der Waals surface area contributed by atoms with Gasteiger partial charge in [0.25, 0.3) is 17.5 Å². The van der Waals surface area contributed by atoms with Gasteiger partial charge in [0.05, 0.1) is 17.1 Å². The highest BCUT2D eigenvalue weighted by molar-refractivity contribution is 6.00. The van der Waals surface area contributed by atoms with E-state index in [-0.39, 0.29) is 16.8 Å². The summed E-state index contributed by atoms with van der Waals surface area (Å²) in [4.78, 5) is 34.7. The molecule has 0 spiro atoms. The van der Waals surface area contributed by atoms with E-state index in [1.54, 1.807) is 24.3 Å². The molecule has 142 valence electrons. The van der Waals surface area contributed by atoms with Gasteiger partial charge in [0.1, 0.15) is 5.75 Å². The number of carbonyl (C=O) groups excluding carboxylic acids is 2. The van der Waals surface area contributed by atoms with Crippen LogP contribution in [0.5, 0.6) is 5.75 Å². The topological polar surface area (TPSA) is 111 Å². The van der Waals surface area contributed by atoms with Crippen molar-refractivity contribution in [3.05, 3.63) is 69.8 Å². The molecule has 2 aromatic rings. The summed E-state index contributed by atoms with van der Waals surface area (Å²) < 4.78 is 5.65. The van der Waals surface area contributed by atoms with E-state index in [9.17, 15) is 19.7 Å². The van der Waals surface area contributed by atoms with Crippen LogP contribution in [-0.4, -0.2) is 23.3 Å². The number of carbonyl (C=O) groups is 2. The Balaban J connectivity index is 2.00. The van der Waals surface area contributed by atoms with E-state index < -0.39 is 16.7 Å². The molecule has 0 aliphatic carbocycles. The van der Waals surface area contributed by atoms with Crippen LogP contribution in [0.3, 0.4) is 0 Å². The Labute approximate surface area is 156 Å². The van der Waals surface area contributed by atoms with Gasteiger partial charge in [-0.15, -0.1) is 0 Å². The van der Waals surface area contributed by atoms with Crippen molar-refractivity contribution in [2.45, 2.75) is 20.3 Å². The SMILES string of the molecule is CC(C)CCOc1ccccc1C(=O)NNC(=O)c1cccc([N+](=O)[O-])c1. The maximum atomic E-state index is 12.4. The fourth-order valence-electron chi connectivity index (χ4n) is 2.20. The first kappa shape index (κ1) is 19.9. The van der Waals surface area contributed by atoms with Gasteiger partial charge in [-0.25, -0.2) is 0 Å². The molecule has 0 saturated carbocycles. The van der Waals surface area contributed by atoms with Crippen LogP contribution < -0.4 is 15.6 Å². The lowest BCUT2D eigenvalue weighted by Crippen LogP contribution is -2.41. The molecule has 2 rings (SSSR count). The highest BCUT2D eigenvalue weighted by Crippen LogP contribution is 2.18. The lowest BCUT2D eigenvalue weighted by molar-refractivity contribution is -0.384. The number of para-hydroxylation sites is 1. The second-order valence-electron chi connectivity index (χ2n) is 6.24. The van der Waals surface area contributed by atoms with Gasteiger partial charge in [0.15, 0.2) is 0 Å². The first-order valence-corrected chi connectivity index (χ1v) is 8.45. The third kappa shape index (κ3) is 5.81. The van der Waals surface area contributed by atoms with E-state index in [4.69, 9.17) is 4.74 Å². The summed E-state index contributed by atoms with van der Waals surface area (Å²) in [7, 11) is 0. The van der Waals surface area contributed by atoms with Gasteiger partial charge in [0.2, 0.25) is 0 Å². The highest BCUT2D eigenvalue weighted by atomic mass is 16.6. The monoisotopic (exact) mass is 371 g/mol. The summed E-state index contributed by atoms with van der Waals surface area (Å²) in [6.45, 7) is 4.62. The fraction of sp³-hybridized carbons (Fsp3) is 0.263. The molecule has 0 radical (unpaired) electrons. The molecule has 8 heteroatoms. The predicted molar refractivity (Wildman–Crippen MR) is 99.4 cm³/mol. The van der Waals surface area contributed by atoms with Crippen LogP contribution in [0.2, 0.25) is 0 Å². The van der Waals surface area contributed by atoms with Gasteiger partial charge < -0.3 is 4.74 Å².